The van der Waals surface area contributed by atoms with Crippen molar-refractivity contribution in [3.05, 3.63) is 82.4 Å². The van der Waals surface area contributed by atoms with E-state index >= 15 is 0 Å². The number of aromatic nitrogens is 6. The standard InChI is InChI=1S/C33H33Cl2N9O4/c1-48-33(47)37-25-10-6-21(7-11-25)26-17-28(39-40-31(26)35)27(15-20-3-2-14-43(18-20)32(46)22-4-5-22)38-30(45)13-8-23-16-24(34)9-12-29(23)44-19-36-41-42-44/h6-13,16-17,19-20,22,27H,2-5,14-15,18H2,1H3,(H,37,47)(H,38,45)/b13-8+/t20?,27-/m0/s1. The second kappa shape index (κ2) is 14.9. The van der Waals surface area contributed by atoms with E-state index in [4.69, 9.17) is 23.2 Å². The molecule has 2 aliphatic rings. The molecule has 2 aromatic heterocycles. The molecule has 2 aromatic carbocycles. The van der Waals surface area contributed by atoms with Crippen molar-refractivity contribution < 1.29 is 19.1 Å². The van der Waals surface area contributed by atoms with Crippen LogP contribution in [0.2, 0.25) is 10.2 Å². The van der Waals surface area contributed by atoms with Crippen LogP contribution in [0.4, 0.5) is 10.5 Å². The quantitative estimate of drug-likeness (QED) is 0.205. The van der Waals surface area contributed by atoms with E-state index in [2.05, 4.69) is 41.1 Å². The maximum atomic E-state index is 13.5. The van der Waals surface area contributed by atoms with E-state index in [1.165, 1.54) is 24.2 Å². The SMILES string of the molecule is COC(=O)Nc1ccc(-c2cc([C@H](CC3CCCN(C(=O)C4CC4)C3)NC(=O)/C=C/c3cc(Cl)ccc3-n3cnnn3)nnc2Cl)cc1. The number of carbonyl (C=O) groups excluding carboxylic acids is 3. The van der Waals surface area contributed by atoms with Crippen molar-refractivity contribution in [3.63, 3.8) is 0 Å². The van der Waals surface area contributed by atoms with Crippen LogP contribution in [0.3, 0.4) is 0 Å². The fraction of sp³-hybridized carbons (Fsp3) is 0.333. The number of rotatable bonds is 10. The highest BCUT2D eigenvalue weighted by Gasteiger charge is 2.36. The van der Waals surface area contributed by atoms with Gasteiger partial charge in [0.1, 0.15) is 6.33 Å². The minimum absolute atomic E-state index is 0.139. The number of tetrazole rings is 1. The Kier molecular flexibility index (Phi) is 10.3. The van der Waals surface area contributed by atoms with Crippen molar-refractivity contribution in [2.24, 2.45) is 11.8 Å². The van der Waals surface area contributed by atoms with Crippen LogP contribution in [0, 0.1) is 11.8 Å². The molecule has 1 aliphatic heterocycles. The Morgan fingerprint density at radius 3 is 2.60 bits per heavy atom. The number of anilines is 1. The van der Waals surface area contributed by atoms with E-state index in [0.717, 1.165) is 37.8 Å². The minimum atomic E-state index is -0.580. The van der Waals surface area contributed by atoms with Crippen molar-refractivity contribution in [2.75, 3.05) is 25.5 Å². The lowest BCUT2D eigenvalue weighted by atomic mass is 9.89. The Labute approximate surface area is 286 Å². The summed E-state index contributed by atoms with van der Waals surface area (Å²) in [6, 6.07) is 13.5. The van der Waals surface area contributed by atoms with E-state index in [1.54, 1.807) is 48.5 Å². The number of hydrogen-bond donors (Lipinski definition) is 2. The lowest BCUT2D eigenvalue weighted by molar-refractivity contribution is -0.134. The van der Waals surface area contributed by atoms with Crippen molar-refractivity contribution >= 4 is 52.9 Å². The van der Waals surface area contributed by atoms with E-state index in [1.807, 2.05) is 11.0 Å². The number of carbonyl (C=O) groups is 3. The van der Waals surface area contributed by atoms with E-state index in [-0.39, 0.29) is 28.8 Å². The Hall–Kier alpha value is -4.88. The number of ether oxygens (including phenoxy) is 1. The zero-order valence-corrected chi connectivity index (χ0v) is 27.6. The van der Waals surface area contributed by atoms with Gasteiger partial charge in [-0.25, -0.2) is 4.79 Å². The molecule has 0 bridgehead atoms. The van der Waals surface area contributed by atoms with Crippen LogP contribution < -0.4 is 10.6 Å². The molecule has 0 spiro atoms. The number of halogens is 2. The van der Waals surface area contributed by atoms with Gasteiger partial charge in [-0.1, -0.05) is 35.3 Å². The molecule has 1 unspecified atom stereocenters. The molecule has 2 N–H and O–H groups in total. The Bertz CT molecular complexity index is 1810. The van der Waals surface area contributed by atoms with Crippen LogP contribution in [0.1, 0.15) is 49.4 Å². The first-order chi connectivity index (χ1) is 23.3. The van der Waals surface area contributed by atoms with Gasteiger partial charge in [-0.05, 0) is 96.5 Å². The van der Waals surface area contributed by atoms with E-state index < -0.39 is 12.1 Å². The van der Waals surface area contributed by atoms with Gasteiger partial charge in [0.2, 0.25) is 11.8 Å². The van der Waals surface area contributed by atoms with Crippen LogP contribution in [-0.2, 0) is 14.3 Å². The number of nitrogens with zero attached hydrogens (tertiary/aromatic N) is 7. The van der Waals surface area contributed by atoms with Crippen molar-refractivity contribution in [2.45, 2.75) is 38.1 Å². The molecule has 1 saturated carbocycles. The highest BCUT2D eigenvalue weighted by molar-refractivity contribution is 6.32. The summed E-state index contributed by atoms with van der Waals surface area (Å²) in [5.74, 6) is 0.149. The van der Waals surface area contributed by atoms with Gasteiger partial charge in [0, 0.05) is 46.9 Å². The summed E-state index contributed by atoms with van der Waals surface area (Å²) in [4.78, 5) is 40.0. The molecule has 48 heavy (non-hydrogen) atoms. The molecule has 3 heterocycles. The van der Waals surface area contributed by atoms with Gasteiger partial charge in [-0.2, -0.15) is 9.78 Å². The first-order valence-corrected chi connectivity index (χ1v) is 16.3. The molecule has 2 atom stereocenters. The summed E-state index contributed by atoms with van der Waals surface area (Å²) in [5, 5.41) is 26.4. The van der Waals surface area contributed by atoms with Crippen LogP contribution >= 0.6 is 23.2 Å². The topological polar surface area (TPSA) is 157 Å². The van der Waals surface area contributed by atoms with Crippen LogP contribution in [0.5, 0.6) is 0 Å². The third-order valence-corrected chi connectivity index (χ3v) is 8.91. The first kappa shape index (κ1) is 33.0. The Morgan fingerprint density at radius 2 is 1.88 bits per heavy atom. The van der Waals surface area contributed by atoms with Crippen molar-refractivity contribution in [1.82, 2.24) is 40.6 Å². The Balaban J connectivity index is 1.26. The fourth-order valence-electron chi connectivity index (χ4n) is 5.82. The molecule has 0 radical (unpaired) electrons. The lowest BCUT2D eigenvalue weighted by Gasteiger charge is -2.34. The average Bonchev–Trinajstić information content (AvgIpc) is 3.81. The minimum Gasteiger partial charge on any atom is -0.453 e. The summed E-state index contributed by atoms with van der Waals surface area (Å²) in [6.45, 7) is 1.37. The highest BCUT2D eigenvalue weighted by Crippen LogP contribution is 2.35. The first-order valence-electron chi connectivity index (χ1n) is 15.6. The summed E-state index contributed by atoms with van der Waals surface area (Å²) < 4.78 is 6.15. The number of likely N-dealkylation sites (tertiary alicyclic amines) is 1. The number of piperidine rings is 1. The average molecular weight is 691 g/mol. The number of amides is 3. The Morgan fingerprint density at radius 1 is 1.06 bits per heavy atom. The summed E-state index contributed by atoms with van der Waals surface area (Å²) in [7, 11) is 1.29. The third-order valence-electron chi connectivity index (χ3n) is 8.39. The number of benzene rings is 2. The van der Waals surface area contributed by atoms with E-state index in [9.17, 15) is 14.4 Å². The van der Waals surface area contributed by atoms with Crippen LogP contribution in [0.25, 0.3) is 22.9 Å². The zero-order chi connectivity index (χ0) is 33.6. The molecule has 4 aromatic rings. The zero-order valence-electron chi connectivity index (χ0n) is 26.1. The summed E-state index contributed by atoms with van der Waals surface area (Å²) in [5.41, 5.74) is 3.71. The van der Waals surface area contributed by atoms with Gasteiger partial charge in [0.25, 0.3) is 0 Å². The predicted molar refractivity (Wildman–Crippen MR) is 179 cm³/mol. The molecule has 2 fully saturated rings. The van der Waals surface area contributed by atoms with Gasteiger partial charge in [0.15, 0.2) is 5.15 Å². The second-order valence-electron chi connectivity index (χ2n) is 11.8. The van der Waals surface area contributed by atoms with Gasteiger partial charge in [0.05, 0.1) is 24.5 Å². The number of hydrogen-bond acceptors (Lipinski definition) is 9. The molecule has 3 amide bonds. The lowest BCUT2D eigenvalue weighted by Crippen LogP contribution is -2.42. The van der Waals surface area contributed by atoms with Gasteiger partial charge < -0.3 is 15.0 Å². The molecular formula is C33H33Cl2N9O4. The summed E-state index contributed by atoms with van der Waals surface area (Å²) >= 11 is 12.8. The van der Waals surface area contributed by atoms with E-state index in [0.29, 0.717) is 46.2 Å². The molecule has 6 rings (SSSR count). The van der Waals surface area contributed by atoms with Crippen LogP contribution in [-0.4, -0.2) is 73.4 Å². The number of nitrogens with one attached hydrogen (secondary N) is 2. The predicted octanol–water partition coefficient (Wildman–Crippen LogP) is 5.51. The monoisotopic (exact) mass is 689 g/mol. The molecule has 13 nitrogen and oxygen atoms in total. The maximum Gasteiger partial charge on any atom is 0.411 e. The molecule has 1 aliphatic carbocycles. The largest absolute Gasteiger partial charge is 0.453 e. The van der Waals surface area contributed by atoms with Crippen molar-refractivity contribution in [3.8, 4) is 16.8 Å². The van der Waals surface area contributed by atoms with Gasteiger partial charge in [-0.15, -0.1) is 10.2 Å². The van der Waals surface area contributed by atoms with Crippen molar-refractivity contribution in [1.29, 1.82) is 0 Å². The van der Waals surface area contributed by atoms with Gasteiger partial charge in [-0.3, -0.25) is 14.9 Å². The third kappa shape index (κ3) is 8.15. The molecule has 15 heteroatoms. The molecular weight excluding hydrogens is 657 g/mol. The summed E-state index contributed by atoms with van der Waals surface area (Å²) in [6.07, 6.45) is 8.20. The highest BCUT2D eigenvalue weighted by atomic mass is 35.5. The second-order valence-corrected chi connectivity index (χ2v) is 12.6. The van der Waals surface area contributed by atoms with Gasteiger partial charge >= 0.3 is 6.09 Å². The fourth-order valence-corrected chi connectivity index (χ4v) is 6.21. The number of methoxy groups -OCH3 is 1. The van der Waals surface area contributed by atoms with Crippen LogP contribution in [0.15, 0.2) is 60.9 Å². The molecule has 1 saturated heterocycles. The maximum absolute atomic E-state index is 13.5. The molecule has 248 valence electrons. The smallest absolute Gasteiger partial charge is 0.411 e. The normalized spacial score (nSPS) is 16.8.